The lowest BCUT2D eigenvalue weighted by Gasteiger charge is -2.26. The average Bonchev–Trinajstić information content (AvgIpc) is 3.54. The van der Waals surface area contributed by atoms with Crippen LogP contribution in [0.25, 0.3) is 119 Å². The van der Waals surface area contributed by atoms with Crippen molar-refractivity contribution in [3.05, 3.63) is 303 Å². The lowest BCUT2D eigenvalue weighted by atomic mass is 9.87. The largest absolute Gasteiger partial charge is 0.310 e. The van der Waals surface area contributed by atoms with Gasteiger partial charge < -0.3 is 9.80 Å². The summed E-state index contributed by atoms with van der Waals surface area (Å²) in [6.07, 6.45) is 0. The molecule has 0 unspecified atom stereocenters. The fourth-order valence-electron chi connectivity index (χ4n) is 12.7. The molecular formula is C78H50N2. The van der Waals surface area contributed by atoms with Crippen LogP contribution in [0.5, 0.6) is 0 Å². The topological polar surface area (TPSA) is 6.48 Å². The summed E-state index contributed by atoms with van der Waals surface area (Å²) in [6, 6.07) is 112. The number of nitrogens with zero attached hydrogens (tertiary/aromatic N) is 2. The van der Waals surface area contributed by atoms with Crippen molar-refractivity contribution in [2.75, 3.05) is 9.80 Å². The summed E-state index contributed by atoms with van der Waals surface area (Å²) in [5.41, 5.74) is 11.6. The van der Waals surface area contributed by atoms with Crippen LogP contribution in [-0.4, -0.2) is 0 Å². The second-order valence-corrected chi connectivity index (χ2v) is 21.3. The van der Waals surface area contributed by atoms with Gasteiger partial charge >= 0.3 is 0 Å². The predicted molar refractivity (Wildman–Crippen MR) is 344 cm³/mol. The fraction of sp³-hybridized carbons (Fsp3) is 0. The first-order chi connectivity index (χ1) is 39.6. The van der Waals surface area contributed by atoms with Gasteiger partial charge in [0.05, 0.1) is 0 Å². The SMILES string of the molecule is c1ccc2cc(N(c3ccc4ccccc4c3)c3ccc4cc(-c5cc6cc(-c7ccc8cc(N(c9ccc%10ccccc%10c9)c9ccc%10ccccc%10c9)ccc8c7)c7ccccc7c6c6ccccc56)ccc4c3)ccc2c1. The number of hydrogen-bond acceptors (Lipinski definition) is 2. The molecule has 0 saturated heterocycles. The Labute approximate surface area is 463 Å². The quantitative estimate of drug-likeness (QED) is 0.140. The van der Waals surface area contributed by atoms with E-state index >= 15 is 0 Å². The minimum absolute atomic E-state index is 1.12. The summed E-state index contributed by atoms with van der Waals surface area (Å²) in [6.45, 7) is 0. The monoisotopic (exact) mass is 1010 g/mol. The maximum absolute atomic E-state index is 2.44. The highest BCUT2D eigenvalue weighted by Crippen LogP contribution is 2.45. The van der Waals surface area contributed by atoms with Gasteiger partial charge in [0, 0.05) is 34.1 Å². The van der Waals surface area contributed by atoms with Crippen LogP contribution in [0, 0.1) is 0 Å². The number of fused-ring (bicyclic) bond motifs is 11. The number of anilines is 6. The average molecular weight is 1020 g/mol. The molecule has 372 valence electrons. The standard InChI is InChI=1S/C78H50N2/c1-5-17-55-43-66(35-29-51(55)13-1)79(67-36-30-52-14-2-6-18-56(52)44-67)70-39-33-59-41-63(27-25-61(59)47-70)76-49-65-50-77(73-22-10-12-24-75(73)78(65)74-23-11-9-21-72(74)76)64-28-26-62-48-71(40-34-60(62)42-64)80(68-37-31-53-15-3-7-19-57(53)45-68)69-38-32-54-16-4-8-20-58(54)46-69/h1-50H. The molecule has 0 spiro atoms. The molecular weight excluding hydrogens is 965 g/mol. The van der Waals surface area contributed by atoms with Crippen molar-refractivity contribution in [2.45, 2.75) is 0 Å². The first kappa shape index (κ1) is 45.6. The molecule has 16 aromatic carbocycles. The van der Waals surface area contributed by atoms with Gasteiger partial charge in [0.15, 0.2) is 0 Å². The Morgan fingerprint density at radius 2 is 0.400 bits per heavy atom. The van der Waals surface area contributed by atoms with Crippen LogP contribution < -0.4 is 9.80 Å². The predicted octanol–water partition coefficient (Wildman–Crippen LogP) is 22.3. The molecule has 0 aromatic heterocycles. The Bertz CT molecular complexity index is 4690. The third-order valence-corrected chi connectivity index (χ3v) is 16.6. The van der Waals surface area contributed by atoms with E-state index in [-0.39, 0.29) is 0 Å². The van der Waals surface area contributed by atoms with Gasteiger partial charge in [-0.1, -0.05) is 206 Å². The summed E-state index contributed by atoms with van der Waals surface area (Å²) in [5.74, 6) is 0. The Hall–Kier alpha value is -10.5. The van der Waals surface area contributed by atoms with Crippen LogP contribution in [-0.2, 0) is 0 Å². The third kappa shape index (κ3) is 7.80. The molecule has 80 heavy (non-hydrogen) atoms. The van der Waals surface area contributed by atoms with Crippen molar-refractivity contribution in [1.29, 1.82) is 0 Å². The van der Waals surface area contributed by atoms with Gasteiger partial charge in [0.2, 0.25) is 0 Å². The van der Waals surface area contributed by atoms with Gasteiger partial charge in [-0.2, -0.15) is 0 Å². The van der Waals surface area contributed by atoms with E-state index in [2.05, 4.69) is 313 Å². The zero-order chi connectivity index (χ0) is 52.7. The minimum Gasteiger partial charge on any atom is -0.310 e. The molecule has 0 radical (unpaired) electrons. The number of benzene rings is 16. The zero-order valence-corrected chi connectivity index (χ0v) is 43.8. The highest BCUT2D eigenvalue weighted by molar-refractivity contribution is 6.26. The summed E-state index contributed by atoms with van der Waals surface area (Å²) < 4.78 is 0. The molecule has 0 heterocycles. The van der Waals surface area contributed by atoms with E-state index in [0.29, 0.717) is 0 Å². The highest BCUT2D eigenvalue weighted by atomic mass is 15.1. The summed E-state index contributed by atoms with van der Waals surface area (Å²) in [7, 11) is 0. The Kier molecular flexibility index (Phi) is 10.6. The Morgan fingerprint density at radius 3 is 0.725 bits per heavy atom. The molecule has 0 aliphatic carbocycles. The van der Waals surface area contributed by atoms with E-state index in [1.54, 1.807) is 0 Å². The van der Waals surface area contributed by atoms with Crippen LogP contribution in [0.2, 0.25) is 0 Å². The van der Waals surface area contributed by atoms with E-state index in [0.717, 1.165) is 34.1 Å². The first-order valence-electron chi connectivity index (χ1n) is 27.6. The molecule has 0 fully saturated rings. The molecule has 0 N–H and O–H groups in total. The molecule has 0 saturated carbocycles. The summed E-state index contributed by atoms with van der Waals surface area (Å²) in [5, 5.41) is 22.1. The summed E-state index contributed by atoms with van der Waals surface area (Å²) >= 11 is 0. The van der Waals surface area contributed by atoms with Crippen LogP contribution >= 0.6 is 0 Å². The molecule has 2 heteroatoms. The first-order valence-corrected chi connectivity index (χ1v) is 27.6. The van der Waals surface area contributed by atoms with Crippen molar-refractivity contribution in [3.8, 4) is 22.3 Å². The summed E-state index contributed by atoms with van der Waals surface area (Å²) in [4.78, 5) is 4.79. The Balaban J connectivity index is 0.797. The normalized spacial score (nSPS) is 11.8. The van der Waals surface area contributed by atoms with Gasteiger partial charge in [0.1, 0.15) is 0 Å². The Morgan fingerprint density at radius 1 is 0.163 bits per heavy atom. The molecule has 0 atom stereocenters. The van der Waals surface area contributed by atoms with Crippen molar-refractivity contribution in [2.24, 2.45) is 0 Å². The van der Waals surface area contributed by atoms with E-state index in [1.165, 1.54) is 119 Å². The number of hydrogen-bond donors (Lipinski definition) is 0. The highest BCUT2D eigenvalue weighted by Gasteiger charge is 2.19. The van der Waals surface area contributed by atoms with E-state index in [1.807, 2.05) is 0 Å². The van der Waals surface area contributed by atoms with Crippen LogP contribution in [0.4, 0.5) is 34.1 Å². The molecule has 0 aliphatic rings. The van der Waals surface area contributed by atoms with Crippen molar-refractivity contribution < 1.29 is 0 Å². The van der Waals surface area contributed by atoms with E-state index in [9.17, 15) is 0 Å². The molecule has 2 nitrogen and oxygen atoms in total. The van der Waals surface area contributed by atoms with Crippen molar-refractivity contribution >= 4 is 131 Å². The molecule has 16 rings (SSSR count). The second kappa shape index (κ2) is 18.6. The van der Waals surface area contributed by atoms with Crippen LogP contribution in [0.1, 0.15) is 0 Å². The maximum atomic E-state index is 2.44. The van der Waals surface area contributed by atoms with Crippen LogP contribution in [0.15, 0.2) is 303 Å². The number of rotatable bonds is 8. The van der Waals surface area contributed by atoms with Gasteiger partial charge in [-0.15, -0.1) is 0 Å². The van der Waals surface area contributed by atoms with E-state index < -0.39 is 0 Å². The maximum Gasteiger partial charge on any atom is 0.0468 e. The molecule has 0 amide bonds. The second-order valence-electron chi connectivity index (χ2n) is 21.3. The molecule has 0 aliphatic heterocycles. The molecule has 16 aromatic rings. The van der Waals surface area contributed by atoms with Crippen molar-refractivity contribution in [3.63, 3.8) is 0 Å². The lowest BCUT2D eigenvalue weighted by molar-refractivity contribution is 1.30. The van der Waals surface area contributed by atoms with E-state index in [4.69, 9.17) is 0 Å². The van der Waals surface area contributed by atoms with Gasteiger partial charge in [-0.3, -0.25) is 0 Å². The zero-order valence-electron chi connectivity index (χ0n) is 43.8. The lowest BCUT2D eigenvalue weighted by Crippen LogP contribution is -2.10. The molecule has 0 bridgehead atoms. The third-order valence-electron chi connectivity index (χ3n) is 16.6. The fourth-order valence-corrected chi connectivity index (χ4v) is 12.7. The van der Waals surface area contributed by atoms with Crippen molar-refractivity contribution in [1.82, 2.24) is 0 Å². The van der Waals surface area contributed by atoms with Gasteiger partial charge in [-0.05, 0) is 216 Å². The van der Waals surface area contributed by atoms with Gasteiger partial charge in [-0.25, -0.2) is 0 Å². The minimum atomic E-state index is 1.12. The van der Waals surface area contributed by atoms with Crippen LogP contribution in [0.3, 0.4) is 0 Å². The van der Waals surface area contributed by atoms with Gasteiger partial charge in [0.25, 0.3) is 0 Å². The smallest absolute Gasteiger partial charge is 0.0468 e.